The van der Waals surface area contributed by atoms with Crippen LogP contribution >= 0.6 is 23.2 Å². The first-order valence-electron chi connectivity index (χ1n) is 5.48. The lowest BCUT2D eigenvalue weighted by Crippen LogP contribution is -2.38. The second-order valence-electron chi connectivity index (χ2n) is 4.27. The van der Waals surface area contributed by atoms with E-state index in [-0.39, 0.29) is 5.92 Å². The summed E-state index contributed by atoms with van der Waals surface area (Å²) < 4.78 is 0. The van der Waals surface area contributed by atoms with Crippen molar-refractivity contribution in [3.05, 3.63) is 33.8 Å². The Labute approximate surface area is 110 Å². The molecule has 0 spiro atoms. The van der Waals surface area contributed by atoms with Gasteiger partial charge in [0, 0.05) is 16.6 Å². The lowest BCUT2D eigenvalue weighted by Gasteiger charge is -2.14. The fourth-order valence-electron chi connectivity index (χ4n) is 1.78. The highest BCUT2D eigenvalue weighted by Crippen LogP contribution is 2.33. The van der Waals surface area contributed by atoms with Crippen LogP contribution in [-0.2, 0) is 11.3 Å². The molecule has 1 unspecified atom stereocenters. The van der Waals surface area contributed by atoms with Gasteiger partial charge < -0.3 is 10.4 Å². The Morgan fingerprint density at radius 3 is 2.76 bits per heavy atom. The zero-order valence-corrected chi connectivity index (χ0v) is 10.6. The molecule has 1 aliphatic carbocycles. The first-order valence-corrected chi connectivity index (χ1v) is 6.23. The van der Waals surface area contributed by atoms with Crippen LogP contribution in [0, 0.1) is 5.92 Å². The molecule has 1 aromatic carbocycles. The Balaban J connectivity index is 2.00. The van der Waals surface area contributed by atoms with Crippen molar-refractivity contribution < 1.29 is 9.90 Å². The average Bonchev–Trinajstić information content (AvgIpc) is 3.07. The minimum atomic E-state index is -0.800. The van der Waals surface area contributed by atoms with E-state index in [1.54, 1.807) is 18.2 Å². The lowest BCUT2D eigenvalue weighted by molar-refractivity contribution is -0.140. The van der Waals surface area contributed by atoms with E-state index in [1.807, 2.05) is 0 Å². The largest absolute Gasteiger partial charge is 0.480 e. The average molecular weight is 274 g/mol. The molecule has 0 bridgehead atoms. The maximum Gasteiger partial charge on any atom is 0.320 e. The number of aliphatic carboxylic acids is 1. The molecular weight excluding hydrogens is 261 g/mol. The van der Waals surface area contributed by atoms with Gasteiger partial charge in [0.2, 0.25) is 0 Å². The van der Waals surface area contributed by atoms with Crippen molar-refractivity contribution in [2.45, 2.75) is 25.4 Å². The van der Waals surface area contributed by atoms with Gasteiger partial charge in [0.25, 0.3) is 0 Å². The van der Waals surface area contributed by atoms with Gasteiger partial charge in [-0.25, -0.2) is 0 Å². The number of carboxylic acid groups (broad SMARTS) is 1. The molecule has 0 amide bonds. The topological polar surface area (TPSA) is 49.3 Å². The van der Waals surface area contributed by atoms with Crippen LogP contribution in [0.2, 0.25) is 10.0 Å². The van der Waals surface area contributed by atoms with Crippen LogP contribution in [0.25, 0.3) is 0 Å². The third-order valence-corrected chi connectivity index (χ3v) is 3.48. The van der Waals surface area contributed by atoms with Crippen molar-refractivity contribution >= 4 is 29.2 Å². The lowest BCUT2D eigenvalue weighted by atomic mass is 10.1. The molecule has 2 N–H and O–H groups in total. The van der Waals surface area contributed by atoms with Gasteiger partial charge in [-0.3, -0.25) is 4.79 Å². The number of benzene rings is 1. The van der Waals surface area contributed by atoms with Crippen LogP contribution in [0.3, 0.4) is 0 Å². The molecule has 2 rings (SSSR count). The normalized spacial score (nSPS) is 16.8. The molecule has 0 saturated heterocycles. The van der Waals surface area contributed by atoms with Crippen molar-refractivity contribution in [2.24, 2.45) is 5.92 Å². The summed E-state index contributed by atoms with van der Waals surface area (Å²) >= 11 is 11.9. The maximum atomic E-state index is 11.0. The molecule has 1 saturated carbocycles. The Hall–Kier alpha value is -0.770. The van der Waals surface area contributed by atoms with Crippen LogP contribution in [0.5, 0.6) is 0 Å². The quantitative estimate of drug-likeness (QED) is 0.867. The predicted octanol–water partition coefficient (Wildman–Crippen LogP) is 2.95. The van der Waals surface area contributed by atoms with Crippen molar-refractivity contribution in [2.75, 3.05) is 0 Å². The van der Waals surface area contributed by atoms with Gasteiger partial charge in [-0.05, 0) is 42.5 Å². The van der Waals surface area contributed by atoms with Gasteiger partial charge in [0.1, 0.15) is 6.04 Å². The zero-order chi connectivity index (χ0) is 12.4. The third kappa shape index (κ3) is 3.35. The molecule has 1 aliphatic rings. The summed E-state index contributed by atoms with van der Waals surface area (Å²) in [7, 11) is 0. The second kappa shape index (κ2) is 5.25. The molecule has 0 radical (unpaired) electrons. The van der Waals surface area contributed by atoms with Crippen LogP contribution < -0.4 is 5.32 Å². The summed E-state index contributed by atoms with van der Waals surface area (Å²) in [5, 5.41) is 13.3. The second-order valence-corrected chi connectivity index (χ2v) is 5.11. The van der Waals surface area contributed by atoms with Crippen LogP contribution in [0.4, 0.5) is 0 Å². The van der Waals surface area contributed by atoms with E-state index in [2.05, 4.69) is 5.32 Å². The SMILES string of the molecule is O=C(O)C(NCc1cc(Cl)ccc1Cl)C1CC1. The fourth-order valence-corrected chi connectivity index (χ4v) is 2.16. The highest BCUT2D eigenvalue weighted by Gasteiger charge is 2.35. The summed E-state index contributed by atoms with van der Waals surface area (Å²) in [6, 6.07) is 4.70. The van der Waals surface area contributed by atoms with Gasteiger partial charge >= 0.3 is 5.97 Å². The van der Waals surface area contributed by atoms with E-state index >= 15 is 0 Å². The molecule has 1 aromatic rings. The van der Waals surface area contributed by atoms with Gasteiger partial charge in [-0.2, -0.15) is 0 Å². The molecule has 5 heteroatoms. The van der Waals surface area contributed by atoms with Crippen LogP contribution in [0.1, 0.15) is 18.4 Å². The molecule has 1 atom stereocenters. The smallest absolute Gasteiger partial charge is 0.320 e. The number of carbonyl (C=O) groups is 1. The van der Waals surface area contributed by atoms with Crippen molar-refractivity contribution in [3.8, 4) is 0 Å². The number of hydrogen-bond donors (Lipinski definition) is 2. The summed E-state index contributed by atoms with van der Waals surface area (Å²) in [6.07, 6.45) is 1.96. The van der Waals surface area contributed by atoms with E-state index in [0.29, 0.717) is 16.6 Å². The number of nitrogens with one attached hydrogen (secondary N) is 1. The molecule has 1 fully saturated rings. The van der Waals surface area contributed by atoms with E-state index in [1.165, 1.54) is 0 Å². The highest BCUT2D eigenvalue weighted by molar-refractivity contribution is 6.33. The zero-order valence-electron chi connectivity index (χ0n) is 9.12. The molecule has 0 aromatic heterocycles. The molecule has 92 valence electrons. The standard InChI is InChI=1S/C12H13Cl2NO2/c13-9-3-4-10(14)8(5-9)6-15-11(12(16)17)7-1-2-7/h3-5,7,11,15H,1-2,6H2,(H,16,17). The Kier molecular flexibility index (Phi) is 3.92. The van der Waals surface area contributed by atoms with E-state index in [0.717, 1.165) is 18.4 Å². The van der Waals surface area contributed by atoms with Crippen LogP contribution in [-0.4, -0.2) is 17.1 Å². The van der Waals surface area contributed by atoms with Gasteiger partial charge in [-0.1, -0.05) is 23.2 Å². The highest BCUT2D eigenvalue weighted by atomic mass is 35.5. The molecule has 0 aliphatic heterocycles. The molecular formula is C12H13Cl2NO2. The summed E-state index contributed by atoms with van der Waals surface area (Å²) in [5.41, 5.74) is 0.825. The Morgan fingerprint density at radius 1 is 1.47 bits per heavy atom. The minimum absolute atomic E-state index is 0.255. The first-order chi connectivity index (χ1) is 8.08. The fraction of sp³-hybridized carbons (Fsp3) is 0.417. The molecule has 17 heavy (non-hydrogen) atoms. The summed E-state index contributed by atoms with van der Waals surface area (Å²) in [4.78, 5) is 11.0. The molecule has 3 nitrogen and oxygen atoms in total. The number of halogens is 2. The van der Waals surface area contributed by atoms with E-state index in [4.69, 9.17) is 28.3 Å². The summed E-state index contributed by atoms with van der Waals surface area (Å²) in [5.74, 6) is -0.545. The van der Waals surface area contributed by atoms with E-state index in [9.17, 15) is 4.79 Å². The Morgan fingerprint density at radius 2 is 2.18 bits per heavy atom. The van der Waals surface area contributed by atoms with Gasteiger partial charge in [0.05, 0.1) is 0 Å². The third-order valence-electron chi connectivity index (χ3n) is 2.88. The Bertz CT molecular complexity index is 433. The van der Waals surface area contributed by atoms with Crippen molar-refractivity contribution in [1.29, 1.82) is 0 Å². The van der Waals surface area contributed by atoms with Crippen LogP contribution in [0.15, 0.2) is 18.2 Å². The van der Waals surface area contributed by atoms with Crippen molar-refractivity contribution in [1.82, 2.24) is 5.32 Å². The predicted molar refractivity (Wildman–Crippen MR) is 67.4 cm³/mol. The van der Waals surface area contributed by atoms with Gasteiger partial charge in [0.15, 0.2) is 0 Å². The monoisotopic (exact) mass is 273 g/mol. The maximum absolute atomic E-state index is 11.0. The summed E-state index contributed by atoms with van der Waals surface area (Å²) in [6.45, 7) is 0.423. The van der Waals surface area contributed by atoms with E-state index < -0.39 is 12.0 Å². The number of carboxylic acids is 1. The van der Waals surface area contributed by atoms with Gasteiger partial charge in [-0.15, -0.1) is 0 Å². The van der Waals surface area contributed by atoms with Crippen molar-refractivity contribution in [3.63, 3.8) is 0 Å². The number of rotatable bonds is 5. The number of hydrogen-bond acceptors (Lipinski definition) is 2. The molecule has 0 heterocycles. The first kappa shape index (κ1) is 12.7. The minimum Gasteiger partial charge on any atom is -0.480 e.